The molecular weight excluding hydrogens is 666 g/mol. The van der Waals surface area contributed by atoms with Crippen molar-refractivity contribution < 1.29 is 28.2 Å². The van der Waals surface area contributed by atoms with Gasteiger partial charge >= 0.3 is 0 Å². The molecule has 0 bridgehead atoms. The van der Waals surface area contributed by atoms with Crippen molar-refractivity contribution in [2.75, 3.05) is 13.2 Å². The zero-order valence-electron chi connectivity index (χ0n) is 28.1. The lowest BCUT2D eigenvalue weighted by atomic mass is 9.80. The van der Waals surface area contributed by atoms with Crippen LogP contribution in [0.3, 0.4) is 0 Å². The number of aliphatic imine (C=N–C) groups is 1. The molecule has 5 aromatic rings. The average molecular weight is 703 g/mol. The smallest absolute Gasteiger partial charge is 0.266 e. The van der Waals surface area contributed by atoms with E-state index in [0.717, 1.165) is 29.3 Å². The number of aliphatic hydroxyl groups is 1. The molecule has 0 saturated heterocycles. The van der Waals surface area contributed by atoms with Gasteiger partial charge in [0.05, 0.1) is 13.2 Å². The summed E-state index contributed by atoms with van der Waals surface area (Å²) in [6.07, 6.45) is -0.433. The zero-order chi connectivity index (χ0) is 36.3. The maximum absolute atomic E-state index is 14.6. The van der Waals surface area contributed by atoms with Gasteiger partial charge in [-0.05, 0) is 75.8 Å². The Labute approximate surface area is 299 Å². The summed E-state index contributed by atoms with van der Waals surface area (Å²) in [5.74, 6) is -1.03. The Morgan fingerprint density at radius 2 is 1.58 bits per heavy atom. The molecule has 264 valence electrons. The highest BCUT2D eigenvalue weighted by Crippen LogP contribution is 2.43. The number of carbonyl (C=O) groups excluding carboxylic acids is 1. The van der Waals surface area contributed by atoms with Gasteiger partial charge < -0.3 is 14.6 Å². The van der Waals surface area contributed by atoms with Crippen LogP contribution in [0.5, 0.6) is 5.75 Å². The summed E-state index contributed by atoms with van der Waals surface area (Å²) in [7, 11) is 0. The van der Waals surface area contributed by atoms with Crippen molar-refractivity contribution in [2.45, 2.75) is 37.6 Å². The first-order valence-electron chi connectivity index (χ1n) is 16.7. The number of hydrogen-bond acceptors (Lipinski definition) is 7. The van der Waals surface area contributed by atoms with Gasteiger partial charge in [-0.2, -0.15) is 0 Å². The van der Waals surface area contributed by atoms with E-state index in [0.29, 0.717) is 41.0 Å². The fraction of sp³-hybridized carbons (Fsp3) is 0.200. The molecule has 1 heterocycles. The lowest BCUT2D eigenvalue weighted by Gasteiger charge is -2.31. The van der Waals surface area contributed by atoms with Crippen LogP contribution in [-0.4, -0.2) is 35.7 Å². The quantitative estimate of drug-likeness (QED) is 0.0340. The molecule has 1 aliphatic heterocycles. The molecule has 2 atom stereocenters. The number of rotatable bonds is 15. The number of nitrogens with one attached hydrogen (secondary N) is 2. The number of ether oxygens (including phenoxy) is 2. The summed E-state index contributed by atoms with van der Waals surface area (Å²) < 4.78 is 40.8. The molecule has 10 nitrogen and oxygen atoms in total. The zero-order valence-corrected chi connectivity index (χ0v) is 28.1. The highest BCUT2D eigenvalue weighted by atomic mass is 19.1. The molecule has 3 N–H and O–H groups in total. The normalized spacial score (nSPS) is 16.4. The maximum Gasteiger partial charge on any atom is 0.266 e. The predicted molar refractivity (Wildman–Crippen MR) is 193 cm³/mol. The number of carbonyl (C=O) groups is 1. The van der Waals surface area contributed by atoms with E-state index in [1.807, 2.05) is 78.9 Å². The minimum atomic E-state index is -1.64. The Morgan fingerprint density at radius 1 is 0.885 bits per heavy atom. The Bertz CT molecular complexity index is 2070. The molecule has 0 spiro atoms. The first kappa shape index (κ1) is 35.7. The second-order valence-corrected chi connectivity index (χ2v) is 12.2. The number of aliphatic hydroxyl groups excluding tert-OH is 1. The monoisotopic (exact) mass is 702 g/mol. The number of benzene rings is 5. The summed E-state index contributed by atoms with van der Waals surface area (Å²) >= 11 is 0. The van der Waals surface area contributed by atoms with E-state index in [9.17, 15) is 13.6 Å². The van der Waals surface area contributed by atoms with E-state index in [-0.39, 0.29) is 37.6 Å². The summed E-state index contributed by atoms with van der Waals surface area (Å²) in [5.41, 5.74) is 17.6. The number of halogens is 2. The van der Waals surface area contributed by atoms with E-state index in [2.05, 4.69) is 20.9 Å². The second-order valence-electron chi connectivity index (χ2n) is 12.2. The molecule has 0 aliphatic carbocycles. The minimum Gasteiger partial charge on any atom is -0.494 e. The number of hydrogen-bond donors (Lipinski definition) is 3. The van der Waals surface area contributed by atoms with Crippen LogP contribution in [0.1, 0.15) is 40.3 Å². The van der Waals surface area contributed by atoms with Gasteiger partial charge in [0.25, 0.3) is 5.91 Å². The fourth-order valence-electron chi connectivity index (χ4n) is 6.05. The largest absolute Gasteiger partial charge is 0.494 e. The summed E-state index contributed by atoms with van der Waals surface area (Å²) in [6, 6.07) is 35.0. The predicted octanol–water partition coefficient (Wildman–Crippen LogP) is 7.52. The topological polar surface area (TPSA) is 141 Å². The first-order chi connectivity index (χ1) is 25.4. The molecule has 0 fully saturated rings. The van der Waals surface area contributed by atoms with Crippen molar-refractivity contribution in [2.24, 2.45) is 10.1 Å². The highest BCUT2D eigenvalue weighted by molar-refractivity contribution is 6.01. The van der Waals surface area contributed by atoms with Gasteiger partial charge in [-0.15, -0.1) is 0 Å². The Balaban J connectivity index is 1.42. The fourth-order valence-corrected chi connectivity index (χ4v) is 6.05. The van der Waals surface area contributed by atoms with Crippen molar-refractivity contribution >= 4 is 11.8 Å². The molecule has 6 rings (SSSR count). The molecule has 12 heteroatoms. The number of hydrazine groups is 1. The van der Waals surface area contributed by atoms with E-state index >= 15 is 0 Å². The Morgan fingerprint density at radius 3 is 2.31 bits per heavy atom. The van der Waals surface area contributed by atoms with Crippen LogP contribution in [-0.2, 0) is 29.0 Å². The SMILES string of the molecule is [N-]=[N+]=NCc1ccccc1C[C@]1(C(=O)NNCc2cc(F)ccc2F)N=C(c2ccc(OCCCO)cc2)O[C@H]1c1ccc(-c2ccccc2)cc1. The Hall–Kier alpha value is -6.07. The summed E-state index contributed by atoms with van der Waals surface area (Å²) in [5, 5.41) is 12.9. The molecule has 1 aliphatic rings. The van der Waals surface area contributed by atoms with Gasteiger partial charge in [0.2, 0.25) is 5.90 Å². The number of nitrogens with zero attached hydrogens (tertiary/aromatic N) is 4. The molecule has 0 radical (unpaired) electrons. The van der Waals surface area contributed by atoms with Crippen molar-refractivity contribution in [3.8, 4) is 16.9 Å². The summed E-state index contributed by atoms with van der Waals surface area (Å²) in [4.78, 5) is 22.6. The van der Waals surface area contributed by atoms with E-state index in [1.165, 1.54) is 0 Å². The van der Waals surface area contributed by atoms with Crippen molar-refractivity contribution in [3.05, 3.63) is 171 Å². The first-order valence-corrected chi connectivity index (χ1v) is 16.7. The molecule has 0 aromatic heterocycles. The lowest BCUT2D eigenvalue weighted by molar-refractivity contribution is -0.130. The third-order valence-electron chi connectivity index (χ3n) is 8.72. The van der Waals surface area contributed by atoms with Crippen LogP contribution < -0.4 is 15.6 Å². The van der Waals surface area contributed by atoms with Crippen molar-refractivity contribution in [3.63, 3.8) is 0 Å². The van der Waals surface area contributed by atoms with Gasteiger partial charge in [-0.25, -0.2) is 19.2 Å². The van der Waals surface area contributed by atoms with Gasteiger partial charge in [-0.1, -0.05) is 84.0 Å². The standard InChI is InChI=1S/C40H36F2N6O4/c41-34-17-20-36(42)33(23-34)26-44-47-39(50)40(24-31-9-4-5-10-32(31)25-45-48-43)37(29-13-11-28(12-14-29)27-7-2-1-3-8-27)52-38(46-40)30-15-18-35(19-16-30)51-22-6-21-49/h1-5,7-20,23,37,44,49H,6,21-22,24-26H2,(H,47,50)/t37-,40-/m0/s1. The average Bonchev–Trinajstić information content (AvgIpc) is 3.57. The van der Waals surface area contributed by atoms with E-state index < -0.39 is 29.2 Å². The molecule has 1 amide bonds. The van der Waals surface area contributed by atoms with Crippen LogP contribution in [0, 0.1) is 11.6 Å². The minimum absolute atomic E-state index is 0.0125. The van der Waals surface area contributed by atoms with Crippen LogP contribution in [0.4, 0.5) is 8.78 Å². The van der Waals surface area contributed by atoms with Gasteiger partial charge in [0.15, 0.2) is 11.6 Å². The van der Waals surface area contributed by atoms with Gasteiger partial charge in [-0.3, -0.25) is 10.2 Å². The van der Waals surface area contributed by atoms with Crippen LogP contribution in [0.15, 0.2) is 131 Å². The van der Waals surface area contributed by atoms with Crippen molar-refractivity contribution in [1.29, 1.82) is 0 Å². The number of azide groups is 1. The lowest BCUT2D eigenvalue weighted by Crippen LogP contribution is -2.53. The Kier molecular flexibility index (Phi) is 11.5. The van der Waals surface area contributed by atoms with E-state index in [4.69, 9.17) is 25.1 Å². The molecule has 52 heavy (non-hydrogen) atoms. The summed E-state index contributed by atoms with van der Waals surface area (Å²) in [6.45, 7) is 0.204. The van der Waals surface area contributed by atoms with Crippen LogP contribution in [0.25, 0.3) is 21.6 Å². The van der Waals surface area contributed by atoms with Crippen LogP contribution in [0.2, 0.25) is 0 Å². The third-order valence-corrected chi connectivity index (χ3v) is 8.72. The maximum atomic E-state index is 14.6. The van der Waals surface area contributed by atoms with E-state index in [1.54, 1.807) is 24.3 Å². The third kappa shape index (κ3) is 8.27. The van der Waals surface area contributed by atoms with Crippen LogP contribution >= 0.6 is 0 Å². The molecule has 0 unspecified atom stereocenters. The van der Waals surface area contributed by atoms with Gasteiger partial charge in [0.1, 0.15) is 17.4 Å². The highest BCUT2D eigenvalue weighted by Gasteiger charge is 2.53. The van der Waals surface area contributed by atoms with Gasteiger partial charge in [0, 0.05) is 42.0 Å². The number of amides is 1. The second kappa shape index (κ2) is 16.8. The molecule has 0 saturated carbocycles. The molecule has 5 aromatic carbocycles. The van der Waals surface area contributed by atoms with Crippen molar-refractivity contribution in [1.82, 2.24) is 10.9 Å². The molecular formula is C40H36F2N6O4.